The Labute approximate surface area is 334 Å². The van der Waals surface area contributed by atoms with Crippen LogP contribution >= 0.6 is 23.2 Å². The van der Waals surface area contributed by atoms with Gasteiger partial charge in [0.2, 0.25) is 5.91 Å². The fourth-order valence-electron chi connectivity index (χ4n) is 7.68. The molecule has 6 rings (SSSR count). The van der Waals surface area contributed by atoms with E-state index in [1.54, 1.807) is 30.3 Å². The number of piperidine rings is 1. The number of carbonyl (C=O) groups is 2. The molecule has 2 aliphatic rings. The number of hydrogen-bond donors (Lipinski definition) is 0. The van der Waals surface area contributed by atoms with Gasteiger partial charge in [0.15, 0.2) is 0 Å². The van der Waals surface area contributed by atoms with Crippen molar-refractivity contribution in [2.75, 3.05) is 26.7 Å². The molecule has 2 aliphatic heterocycles. The standard InChI is InChI=1S/C44H50Cl2FN5O3/c1-8-55-37-26-38(42(2,3)4)48-27-36(37)40-49-43(5,31-11-15-33(45)16-12-31)44(6,32-13-17-34(46)18-14-32)52(40)41(54)51-23-21-29(22-24-51)25-39(53)50(7)28-30-9-19-35(47)20-10-30/h9-20,26-27,29H,8,21-25,28H2,1-7H3/t43-,44+/m0/s1. The fraction of sp³-hybridized carbons (Fsp3) is 0.409. The number of halogens is 3. The van der Waals surface area contributed by atoms with Gasteiger partial charge in [-0.25, -0.2) is 9.18 Å². The van der Waals surface area contributed by atoms with Crippen LogP contribution in [0.5, 0.6) is 5.75 Å². The zero-order valence-corrected chi connectivity index (χ0v) is 34.2. The molecule has 0 saturated carbocycles. The summed E-state index contributed by atoms with van der Waals surface area (Å²) in [6.07, 6.45) is 3.48. The maximum Gasteiger partial charge on any atom is 0.326 e. The van der Waals surface area contributed by atoms with Gasteiger partial charge in [-0.15, -0.1) is 0 Å². The maximum atomic E-state index is 15.3. The minimum atomic E-state index is -1.06. The molecule has 0 bridgehead atoms. The SMILES string of the molecule is CCOc1cc(C(C)(C)C)ncc1C1=N[C@@](C)(c2ccc(Cl)cc2)[C@@](C)(c2ccc(Cl)cc2)N1C(=O)N1CCC(CC(=O)N(C)Cc2ccc(F)cc2)CC1. The van der Waals surface area contributed by atoms with Gasteiger partial charge in [-0.2, -0.15) is 0 Å². The lowest BCUT2D eigenvalue weighted by Crippen LogP contribution is -2.59. The van der Waals surface area contributed by atoms with Crippen molar-refractivity contribution in [2.45, 2.75) is 83.8 Å². The monoisotopic (exact) mass is 785 g/mol. The maximum absolute atomic E-state index is 15.3. The molecule has 1 saturated heterocycles. The first kappa shape index (κ1) is 40.2. The second-order valence-electron chi connectivity index (χ2n) is 16.0. The van der Waals surface area contributed by atoms with E-state index in [0.29, 0.717) is 72.7 Å². The smallest absolute Gasteiger partial charge is 0.326 e. The van der Waals surface area contributed by atoms with Crippen LogP contribution in [-0.4, -0.2) is 64.2 Å². The number of aromatic nitrogens is 1. The van der Waals surface area contributed by atoms with Gasteiger partial charge in [0.1, 0.15) is 28.5 Å². The molecule has 3 aromatic carbocycles. The molecule has 0 radical (unpaired) electrons. The molecule has 0 unspecified atom stereocenters. The van der Waals surface area contributed by atoms with E-state index in [0.717, 1.165) is 22.4 Å². The molecule has 8 nitrogen and oxygen atoms in total. The van der Waals surface area contributed by atoms with Crippen molar-refractivity contribution in [3.05, 3.63) is 129 Å². The molecule has 11 heteroatoms. The molecule has 2 atom stereocenters. The Morgan fingerprint density at radius 3 is 2.07 bits per heavy atom. The van der Waals surface area contributed by atoms with Crippen molar-refractivity contribution >= 4 is 41.0 Å². The minimum Gasteiger partial charge on any atom is -0.493 e. The van der Waals surface area contributed by atoms with Crippen LogP contribution < -0.4 is 4.74 Å². The van der Waals surface area contributed by atoms with Crippen molar-refractivity contribution in [3.8, 4) is 5.75 Å². The summed E-state index contributed by atoms with van der Waals surface area (Å²) < 4.78 is 19.7. The van der Waals surface area contributed by atoms with E-state index in [1.165, 1.54) is 12.1 Å². The van der Waals surface area contributed by atoms with E-state index >= 15 is 4.79 Å². The Balaban J connectivity index is 1.37. The molecule has 0 aliphatic carbocycles. The van der Waals surface area contributed by atoms with E-state index in [1.807, 2.05) is 71.3 Å². The molecular formula is C44H50Cl2FN5O3. The van der Waals surface area contributed by atoms with Crippen LogP contribution in [0, 0.1) is 11.7 Å². The average molecular weight is 787 g/mol. The molecular weight excluding hydrogens is 736 g/mol. The lowest BCUT2D eigenvalue weighted by Gasteiger charge is -2.47. The third-order valence-corrected chi connectivity index (χ3v) is 11.7. The molecule has 1 aromatic heterocycles. The largest absolute Gasteiger partial charge is 0.493 e. The van der Waals surface area contributed by atoms with Crippen LogP contribution in [0.4, 0.5) is 9.18 Å². The number of nitrogens with zero attached hydrogens (tertiary/aromatic N) is 5. The molecule has 0 spiro atoms. The minimum absolute atomic E-state index is 0.0202. The van der Waals surface area contributed by atoms with Crippen LogP contribution in [-0.2, 0) is 27.8 Å². The Morgan fingerprint density at radius 1 is 0.927 bits per heavy atom. The summed E-state index contributed by atoms with van der Waals surface area (Å²) in [5.41, 5.74) is 1.77. The number of urea groups is 1. The lowest BCUT2D eigenvalue weighted by atomic mass is 9.71. The normalized spacial score (nSPS) is 20.4. The predicted molar refractivity (Wildman–Crippen MR) is 217 cm³/mol. The van der Waals surface area contributed by atoms with E-state index in [2.05, 4.69) is 34.6 Å². The zero-order valence-electron chi connectivity index (χ0n) is 32.7. The molecule has 4 aromatic rings. The first-order chi connectivity index (χ1) is 26.0. The van der Waals surface area contributed by atoms with E-state index in [-0.39, 0.29) is 29.1 Å². The molecule has 55 heavy (non-hydrogen) atoms. The van der Waals surface area contributed by atoms with E-state index in [4.69, 9.17) is 37.9 Å². The summed E-state index contributed by atoms with van der Waals surface area (Å²) in [4.78, 5) is 44.4. The van der Waals surface area contributed by atoms with Crippen LogP contribution in [0.2, 0.25) is 10.0 Å². The Kier molecular flexibility index (Phi) is 11.7. The summed E-state index contributed by atoms with van der Waals surface area (Å²) >= 11 is 12.8. The second kappa shape index (κ2) is 15.9. The van der Waals surface area contributed by atoms with E-state index in [9.17, 15) is 9.18 Å². The van der Waals surface area contributed by atoms with Gasteiger partial charge < -0.3 is 14.5 Å². The summed E-state index contributed by atoms with van der Waals surface area (Å²) in [7, 11) is 1.77. The second-order valence-corrected chi connectivity index (χ2v) is 16.8. The third-order valence-electron chi connectivity index (χ3n) is 11.2. The number of hydrogen-bond acceptors (Lipinski definition) is 5. The highest BCUT2D eigenvalue weighted by molar-refractivity contribution is 6.30. The molecule has 3 heterocycles. The number of aliphatic imine (C=N–C) groups is 1. The summed E-state index contributed by atoms with van der Waals surface area (Å²) in [5, 5.41) is 1.18. The Morgan fingerprint density at radius 2 is 1.51 bits per heavy atom. The first-order valence-electron chi connectivity index (χ1n) is 18.9. The van der Waals surface area contributed by atoms with Gasteiger partial charge in [0.25, 0.3) is 0 Å². The van der Waals surface area contributed by atoms with Crippen LogP contribution in [0.15, 0.2) is 90.1 Å². The van der Waals surface area contributed by atoms with Crippen molar-refractivity contribution in [2.24, 2.45) is 10.9 Å². The molecule has 1 fully saturated rings. The number of pyridine rings is 1. The number of ether oxygens (including phenoxy) is 1. The van der Waals surface area contributed by atoms with Gasteiger partial charge in [0.05, 0.1) is 12.2 Å². The molecule has 3 amide bonds. The predicted octanol–water partition coefficient (Wildman–Crippen LogP) is 10.00. The lowest BCUT2D eigenvalue weighted by molar-refractivity contribution is -0.131. The topological polar surface area (TPSA) is 78.3 Å². The highest BCUT2D eigenvalue weighted by atomic mass is 35.5. The third kappa shape index (κ3) is 8.10. The highest BCUT2D eigenvalue weighted by Gasteiger charge is 2.60. The number of rotatable bonds is 9. The number of carbonyl (C=O) groups excluding carboxylic acids is 2. The summed E-state index contributed by atoms with van der Waals surface area (Å²) in [5.74, 6) is 0.876. The number of benzene rings is 3. The van der Waals surface area contributed by atoms with E-state index < -0.39 is 11.1 Å². The number of amides is 3. The zero-order chi connectivity index (χ0) is 39.7. The van der Waals surface area contributed by atoms with Gasteiger partial charge >= 0.3 is 6.03 Å². The van der Waals surface area contributed by atoms with Gasteiger partial charge in [-0.3, -0.25) is 19.7 Å². The molecule has 0 N–H and O–H groups in total. The van der Waals surface area contributed by atoms with Crippen LogP contribution in [0.1, 0.15) is 88.8 Å². The Hall–Kier alpha value is -4.47. The van der Waals surface area contributed by atoms with Crippen LogP contribution in [0.3, 0.4) is 0 Å². The van der Waals surface area contributed by atoms with Crippen LogP contribution in [0.25, 0.3) is 0 Å². The van der Waals surface area contributed by atoms with Gasteiger partial charge in [-0.05, 0) is 92.6 Å². The quantitative estimate of drug-likeness (QED) is 0.169. The van der Waals surface area contributed by atoms with Crippen molar-refractivity contribution in [3.63, 3.8) is 0 Å². The fourth-order valence-corrected chi connectivity index (χ4v) is 7.93. The summed E-state index contributed by atoms with van der Waals surface area (Å²) in [6, 6.07) is 23.2. The van der Waals surface area contributed by atoms with Gasteiger partial charge in [0, 0.05) is 66.5 Å². The Bertz CT molecular complexity index is 2040. The summed E-state index contributed by atoms with van der Waals surface area (Å²) in [6.45, 7) is 14.1. The first-order valence-corrected chi connectivity index (χ1v) is 19.6. The van der Waals surface area contributed by atoms with Crippen molar-refractivity contribution in [1.82, 2.24) is 19.7 Å². The number of amidine groups is 1. The molecule has 290 valence electrons. The van der Waals surface area contributed by atoms with Crippen molar-refractivity contribution < 1.29 is 18.7 Å². The van der Waals surface area contributed by atoms with Crippen molar-refractivity contribution in [1.29, 1.82) is 0 Å². The highest BCUT2D eigenvalue weighted by Crippen LogP contribution is 2.54. The average Bonchev–Trinajstić information content (AvgIpc) is 3.40. The van der Waals surface area contributed by atoms with Gasteiger partial charge in [-0.1, -0.05) is 80.4 Å². The number of likely N-dealkylation sites (tertiary alicyclic amines) is 1.